The van der Waals surface area contributed by atoms with E-state index in [0.717, 1.165) is 48.9 Å². The van der Waals surface area contributed by atoms with Crippen LogP contribution in [0.1, 0.15) is 41.3 Å². The van der Waals surface area contributed by atoms with E-state index in [2.05, 4.69) is 41.0 Å². The molecule has 4 aliphatic heterocycles. The number of aliphatic hydroxyl groups is 1. The van der Waals surface area contributed by atoms with E-state index < -0.39 is 0 Å². The normalized spacial score (nSPS) is 28.0. The molecule has 2 aromatic carbocycles. The highest BCUT2D eigenvalue weighted by Gasteiger charge is 2.50. The summed E-state index contributed by atoms with van der Waals surface area (Å²) in [5.74, 6) is 3.16. The molecule has 1 saturated heterocycles. The number of likely N-dealkylation sites (N-methyl/N-ethyl adjacent to an activating group) is 1. The zero-order chi connectivity index (χ0) is 22.0. The van der Waals surface area contributed by atoms with Gasteiger partial charge in [-0.15, -0.1) is 0 Å². The molecule has 0 saturated carbocycles. The van der Waals surface area contributed by atoms with Gasteiger partial charge in [0.25, 0.3) is 0 Å². The Hall–Kier alpha value is -2.48. The van der Waals surface area contributed by atoms with E-state index in [1.54, 1.807) is 14.2 Å². The van der Waals surface area contributed by atoms with Crippen LogP contribution in [0.25, 0.3) is 0 Å². The van der Waals surface area contributed by atoms with E-state index in [1.807, 2.05) is 0 Å². The van der Waals surface area contributed by atoms with Crippen molar-refractivity contribution in [3.8, 4) is 23.0 Å². The Labute approximate surface area is 188 Å². The zero-order valence-electron chi connectivity index (χ0n) is 18.8. The van der Waals surface area contributed by atoms with Gasteiger partial charge in [-0.3, -0.25) is 9.80 Å². The molecule has 0 radical (unpaired) electrons. The lowest BCUT2D eigenvalue weighted by Gasteiger charge is -2.58. The van der Waals surface area contributed by atoms with Crippen molar-refractivity contribution in [2.45, 2.75) is 43.9 Å². The molecule has 0 spiro atoms. The van der Waals surface area contributed by atoms with Crippen LogP contribution in [0, 0.1) is 0 Å². The molecule has 0 aromatic heterocycles. The number of ether oxygens (including phenoxy) is 4. The second kappa shape index (κ2) is 7.54. The molecule has 4 heterocycles. The van der Waals surface area contributed by atoms with Gasteiger partial charge < -0.3 is 24.1 Å². The first-order valence-corrected chi connectivity index (χ1v) is 11.5. The fraction of sp³-hybridized carbons (Fsp3) is 0.520. The van der Waals surface area contributed by atoms with Crippen molar-refractivity contribution < 1.29 is 24.1 Å². The molecule has 1 N–H and O–H groups in total. The van der Waals surface area contributed by atoms with Crippen LogP contribution in [0.5, 0.6) is 23.0 Å². The van der Waals surface area contributed by atoms with Crippen molar-refractivity contribution in [2.24, 2.45) is 0 Å². The molecule has 0 aliphatic carbocycles. The third-order valence-corrected chi connectivity index (χ3v) is 7.82. The highest BCUT2D eigenvalue weighted by Crippen LogP contribution is 2.51. The summed E-state index contributed by atoms with van der Waals surface area (Å²) in [6.07, 6.45) is 1.87. The summed E-state index contributed by atoms with van der Waals surface area (Å²) in [5, 5.41) is 10.5. The number of benzene rings is 2. The van der Waals surface area contributed by atoms with Crippen LogP contribution in [0.2, 0.25) is 0 Å². The molecule has 2 bridgehead atoms. The van der Waals surface area contributed by atoms with E-state index in [1.165, 1.54) is 22.3 Å². The first-order chi connectivity index (χ1) is 15.7. The average molecular weight is 439 g/mol. The van der Waals surface area contributed by atoms with E-state index in [4.69, 9.17) is 18.9 Å². The summed E-state index contributed by atoms with van der Waals surface area (Å²) in [6.45, 7) is 4.53. The molecule has 7 heteroatoms. The maximum absolute atomic E-state index is 10.5. The van der Waals surface area contributed by atoms with Crippen molar-refractivity contribution in [1.82, 2.24) is 9.80 Å². The molecular weight excluding hydrogens is 408 g/mol. The van der Waals surface area contributed by atoms with Crippen LogP contribution < -0.4 is 18.9 Å². The number of piperazine rings is 1. The van der Waals surface area contributed by atoms with Crippen LogP contribution in [-0.2, 0) is 12.8 Å². The lowest BCUT2D eigenvalue weighted by atomic mass is 9.75. The maximum atomic E-state index is 10.5. The molecule has 7 nitrogen and oxygen atoms in total. The second-order valence-electron chi connectivity index (χ2n) is 9.11. The van der Waals surface area contributed by atoms with Gasteiger partial charge in [0.2, 0.25) is 6.79 Å². The Balaban J connectivity index is 1.48. The Bertz CT molecular complexity index is 1060. The van der Waals surface area contributed by atoms with Crippen molar-refractivity contribution in [3.05, 3.63) is 46.5 Å². The minimum Gasteiger partial charge on any atom is -0.493 e. The number of rotatable bonds is 4. The number of nitrogens with zero attached hydrogens (tertiary/aromatic N) is 2. The summed E-state index contributed by atoms with van der Waals surface area (Å²) in [4.78, 5) is 5.17. The van der Waals surface area contributed by atoms with Gasteiger partial charge in [0, 0.05) is 18.6 Å². The molecular formula is C25H30N2O5. The summed E-state index contributed by atoms with van der Waals surface area (Å²) in [6, 6.07) is 9.39. The fourth-order valence-corrected chi connectivity index (χ4v) is 6.46. The molecule has 4 atom stereocenters. The smallest absolute Gasteiger partial charge is 0.231 e. The predicted molar refractivity (Wildman–Crippen MR) is 119 cm³/mol. The Kier molecular flexibility index (Phi) is 4.75. The minimum atomic E-state index is -0.0380. The molecule has 2 aromatic rings. The van der Waals surface area contributed by atoms with Crippen molar-refractivity contribution in [1.29, 1.82) is 0 Å². The molecule has 0 amide bonds. The quantitative estimate of drug-likeness (QED) is 0.788. The molecule has 4 unspecified atom stereocenters. The SMILES string of the molecule is CCN1C2Cc3cc(OC)c(OC)cc3C1C1Cc3cc4c(cc3C(CO)N1C2)OCO4. The van der Waals surface area contributed by atoms with Gasteiger partial charge >= 0.3 is 0 Å². The first kappa shape index (κ1) is 20.1. The van der Waals surface area contributed by atoms with Gasteiger partial charge in [0.1, 0.15) is 0 Å². The van der Waals surface area contributed by atoms with Crippen molar-refractivity contribution in [3.63, 3.8) is 0 Å². The predicted octanol–water partition coefficient (Wildman–Crippen LogP) is 2.69. The summed E-state index contributed by atoms with van der Waals surface area (Å²) in [5.41, 5.74) is 5.08. The fourth-order valence-electron chi connectivity index (χ4n) is 6.46. The second-order valence-corrected chi connectivity index (χ2v) is 9.11. The lowest BCUT2D eigenvalue weighted by Crippen LogP contribution is -2.64. The number of methoxy groups -OCH3 is 2. The van der Waals surface area contributed by atoms with E-state index in [-0.39, 0.29) is 31.5 Å². The van der Waals surface area contributed by atoms with E-state index in [9.17, 15) is 5.11 Å². The van der Waals surface area contributed by atoms with Gasteiger partial charge in [0.05, 0.1) is 32.9 Å². The Morgan fingerprint density at radius 3 is 2.41 bits per heavy atom. The monoisotopic (exact) mass is 438 g/mol. The molecule has 6 rings (SSSR count). The van der Waals surface area contributed by atoms with Gasteiger partial charge in [-0.25, -0.2) is 0 Å². The van der Waals surface area contributed by atoms with Gasteiger partial charge in [0.15, 0.2) is 23.0 Å². The maximum Gasteiger partial charge on any atom is 0.231 e. The van der Waals surface area contributed by atoms with E-state index in [0.29, 0.717) is 6.04 Å². The van der Waals surface area contributed by atoms with Crippen LogP contribution in [0.15, 0.2) is 24.3 Å². The number of hydrogen-bond donors (Lipinski definition) is 1. The summed E-state index contributed by atoms with van der Waals surface area (Å²) < 4.78 is 22.6. The Morgan fingerprint density at radius 2 is 1.69 bits per heavy atom. The van der Waals surface area contributed by atoms with Crippen molar-refractivity contribution >= 4 is 0 Å². The highest BCUT2D eigenvalue weighted by molar-refractivity contribution is 5.53. The molecule has 1 fully saturated rings. The topological polar surface area (TPSA) is 63.6 Å². The minimum absolute atomic E-state index is 0.0380. The molecule has 4 aliphatic rings. The average Bonchev–Trinajstić information content (AvgIpc) is 3.27. The number of hydrogen-bond acceptors (Lipinski definition) is 7. The van der Waals surface area contributed by atoms with Gasteiger partial charge in [-0.1, -0.05) is 6.92 Å². The van der Waals surface area contributed by atoms with Crippen LogP contribution in [0.4, 0.5) is 0 Å². The first-order valence-electron chi connectivity index (χ1n) is 11.5. The summed E-state index contributed by atoms with van der Waals surface area (Å²) in [7, 11) is 3.39. The number of fused-ring (bicyclic) bond motifs is 8. The molecule has 32 heavy (non-hydrogen) atoms. The van der Waals surface area contributed by atoms with Gasteiger partial charge in [-0.05, 0) is 65.9 Å². The zero-order valence-corrected chi connectivity index (χ0v) is 18.8. The third kappa shape index (κ3) is 2.77. The standard InChI is InChI=1S/C25H30N2O5/c1-4-26-16-5-14-7-21(29-2)22(30-3)10-18(14)25(26)19-6-15-8-23-24(32-13-31-23)9-17(15)20(12-28)27(19)11-16/h7-10,16,19-20,25,28H,4-6,11-13H2,1-3H3. The lowest BCUT2D eigenvalue weighted by molar-refractivity contribution is -0.0672. The van der Waals surface area contributed by atoms with E-state index >= 15 is 0 Å². The summed E-state index contributed by atoms with van der Waals surface area (Å²) >= 11 is 0. The van der Waals surface area contributed by atoms with Crippen LogP contribution in [0.3, 0.4) is 0 Å². The van der Waals surface area contributed by atoms with Crippen LogP contribution in [-0.4, -0.2) is 67.7 Å². The highest BCUT2D eigenvalue weighted by atomic mass is 16.7. The molecule has 170 valence electrons. The van der Waals surface area contributed by atoms with Crippen molar-refractivity contribution in [2.75, 3.05) is 40.7 Å². The number of aliphatic hydroxyl groups excluding tert-OH is 1. The third-order valence-electron chi connectivity index (χ3n) is 7.82. The van der Waals surface area contributed by atoms with Crippen LogP contribution >= 0.6 is 0 Å². The largest absolute Gasteiger partial charge is 0.493 e. The Morgan fingerprint density at radius 1 is 0.969 bits per heavy atom. The van der Waals surface area contributed by atoms with Gasteiger partial charge in [-0.2, -0.15) is 0 Å².